The zero-order valence-electron chi connectivity index (χ0n) is 12.9. The molecule has 1 aromatic heterocycles. The van der Waals surface area contributed by atoms with Gasteiger partial charge in [-0.1, -0.05) is 6.92 Å². The Morgan fingerprint density at radius 1 is 1.38 bits per heavy atom. The first-order valence-electron chi connectivity index (χ1n) is 7.69. The van der Waals surface area contributed by atoms with Gasteiger partial charge in [-0.25, -0.2) is 4.98 Å². The van der Waals surface area contributed by atoms with Gasteiger partial charge in [0.2, 0.25) is 5.88 Å². The van der Waals surface area contributed by atoms with Crippen molar-refractivity contribution in [3.63, 3.8) is 0 Å². The number of hydrogen-bond acceptors (Lipinski definition) is 6. The van der Waals surface area contributed by atoms with Gasteiger partial charge in [0.25, 0.3) is 0 Å². The minimum atomic E-state index is -0.00491. The molecular formula is C15H25N3O3. The van der Waals surface area contributed by atoms with Gasteiger partial charge in [-0.15, -0.1) is 0 Å². The monoisotopic (exact) mass is 295 g/mol. The van der Waals surface area contributed by atoms with Crippen molar-refractivity contribution in [1.29, 1.82) is 0 Å². The maximum atomic E-state index is 5.67. The molecule has 0 radical (unpaired) electrons. The minimum absolute atomic E-state index is 0.00491. The normalized spacial score (nSPS) is 17.9. The SMILES string of the molecule is CCCOc1cc(NCCCOC)nc(C2CCCO2)n1. The predicted octanol–water partition coefficient (Wildman–Crippen LogP) is 2.57. The van der Waals surface area contributed by atoms with Gasteiger partial charge in [-0.3, -0.25) is 0 Å². The van der Waals surface area contributed by atoms with E-state index in [0.717, 1.165) is 57.1 Å². The van der Waals surface area contributed by atoms with E-state index in [1.54, 1.807) is 7.11 Å². The van der Waals surface area contributed by atoms with Crippen LogP contribution in [0.5, 0.6) is 5.88 Å². The molecule has 6 nitrogen and oxygen atoms in total. The van der Waals surface area contributed by atoms with Crippen LogP contribution in [-0.4, -0.2) is 43.4 Å². The van der Waals surface area contributed by atoms with Crippen LogP contribution in [0.4, 0.5) is 5.82 Å². The smallest absolute Gasteiger partial charge is 0.218 e. The van der Waals surface area contributed by atoms with Crippen molar-refractivity contribution in [2.45, 2.75) is 38.7 Å². The average molecular weight is 295 g/mol. The number of hydrogen-bond donors (Lipinski definition) is 1. The fourth-order valence-electron chi connectivity index (χ4n) is 2.17. The Labute approximate surface area is 126 Å². The van der Waals surface area contributed by atoms with Crippen molar-refractivity contribution >= 4 is 5.82 Å². The Kier molecular flexibility index (Phi) is 6.69. The molecule has 1 saturated heterocycles. The second-order valence-corrected chi connectivity index (χ2v) is 5.07. The van der Waals surface area contributed by atoms with E-state index >= 15 is 0 Å². The van der Waals surface area contributed by atoms with Crippen LogP contribution in [0.15, 0.2) is 6.07 Å². The zero-order valence-corrected chi connectivity index (χ0v) is 12.9. The van der Waals surface area contributed by atoms with Gasteiger partial charge in [0, 0.05) is 32.9 Å². The summed E-state index contributed by atoms with van der Waals surface area (Å²) < 4.78 is 16.4. The van der Waals surface area contributed by atoms with Crippen LogP contribution >= 0.6 is 0 Å². The van der Waals surface area contributed by atoms with Crippen LogP contribution in [0.25, 0.3) is 0 Å². The number of nitrogens with one attached hydrogen (secondary N) is 1. The van der Waals surface area contributed by atoms with Gasteiger partial charge in [0.15, 0.2) is 5.82 Å². The molecule has 2 rings (SSSR count). The van der Waals surface area contributed by atoms with Gasteiger partial charge in [-0.05, 0) is 25.7 Å². The third kappa shape index (κ3) is 5.13. The van der Waals surface area contributed by atoms with Crippen LogP contribution in [0.3, 0.4) is 0 Å². The van der Waals surface area contributed by atoms with Crippen LogP contribution in [-0.2, 0) is 9.47 Å². The molecule has 0 spiro atoms. The standard InChI is InChI=1S/C15H25N3O3/c1-3-8-21-14-11-13(16-7-5-9-19-2)17-15(18-14)12-6-4-10-20-12/h11-12H,3-10H2,1-2H3,(H,16,17,18). The Morgan fingerprint density at radius 3 is 3.00 bits per heavy atom. The highest BCUT2D eigenvalue weighted by molar-refractivity contribution is 5.38. The third-order valence-corrected chi connectivity index (χ3v) is 3.22. The van der Waals surface area contributed by atoms with E-state index in [-0.39, 0.29) is 6.10 Å². The van der Waals surface area contributed by atoms with E-state index in [2.05, 4.69) is 22.2 Å². The Morgan fingerprint density at radius 2 is 2.29 bits per heavy atom. The summed E-state index contributed by atoms with van der Waals surface area (Å²) in [6.45, 7) is 5.06. The van der Waals surface area contributed by atoms with Crippen LogP contribution in [0, 0.1) is 0 Å². The molecule has 1 fully saturated rings. The summed E-state index contributed by atoms with van der Waals surface area (Å²) >= 11 is 0. The average Bonchev–Trinajstić information content (AvgIpc) is 3.04. The molecule has 1 aliphatic heterocycles. The summed E-state index contributed by atoms with van der Waals surface area (Å²) in [4.78, 5) is 9.03. The highest BCUT2D eigenvalue weighted by Crippen LogP contribution is 2.28. The maximum absolute atomic E-state index is 5.67. The number of anilines is 1. The van der Waals surface area contributed by atoms with Gasteiger partial charge in [0.1, 0.15) is 11.9 Å². The van der Waals surface area contributed by atoms with Crippen molar-refractivity contribution < 1.29 is 14.2 Å². The molecular weight excluding hydrogens is 270 g/mol. The highest BCUT2D eigenvalue weighted by Gasteiger charge is 2.22. The second-order valence-electron chi connectivity index (χ2n) is 5.07. The molecule has 1 N–H and O–H groups in total. The van der Waals surface area contributed by atoms with E-state index in [1.165, 1.54) is 0 Å². The molecule has 21 heavy (non-hydrogen) atoms. The first kappa shape index (κ1) is 16.0. The van der Waals surface area contributed by atoms with Gasteiger partial charge in [-0.2, -0.15) is 4.98 Å². The summed E-state index contributed by atoms with van der Waals surface area (Å²) in [7, 11) is 1.71. The quantitative estimate of drug-likeness (QED) is 0.706. The first-order chi connectivity index (χ1) is 10.3. The first-order valence-corrected chi connectivity index (χ1v) is 7.69. The summed E-state index contributed by atoms with van der Waals surface area (Å²) in [5.41, 5.74) is 0. The summed E-state index contributed by atoms with van der Waals surface area (Å²) in [5.74, 6) is 2.12. The van der Waals surface area contributed by atoms with E-state index in [9.17, 15) is 0 Å². The Hall–Kier alpha value is -1.40. The molecule has 1 aromatic rings. The second kappa shape index (κ2) is 8.79. The van der Waals surface area contributed by atoms with Crippen LogP contribution < -0.4 is 10.1 Å². The van der Waals surface area contributed by atoms with E-state index in [0.29, 0.717) is 12.5 Å². The summed E-state index contributed by atoms with van der Waals surface area (Å²) in [6, 6.07) is 1.85. The Balaban J connectivity index is 2.04. The van der Waals surface area contributed by atoms with E-state index in [1.807, 2.05) is 6.07 Å². The molecule has 0 aliphatic carbocycles. The number of nitrogens with zero attached hydrogens (tertiary/aromatic N) is 2. The van der Waals surface area contributed by atoms with Crippen molar-refractivity contribution in [2.24, 2.45) is 0 Å². The topological polar surface area (TPSA) is 65.5 Å². The van der Waals surface area contributed by atoms with Crippen molar-refractivity contribution in [2.75, 3.05) is 38.8 Å². The summed E-state index contributed by atoms with van der Waals surface area (Å²) in [5, 5.41) is 3.29. The molecule has 1 atom stereocenters. The fraction of sp³-hybridized carbons (Fsp3) is 0.733. The number of aromatic nitrogens is 2. The largest absolute Gasteiger partial charge is 0.478 e. The van der Waals surface area contributed by atoms with Crippen molar-refractivity contribution in [3.8, 4) is 5.88 Å². The van der Waals surface area contributed by atoms with Crippen molar-refractivity contribution in [1.82, 2.24) is 9.97 Å². The Bertz CT molecular complexity index is 423. The molecule has 0 bridgehead atoms. The molecule has 1 unspecified atom stereocenters. The molecule has 0 aromatic carbocycles. The van der Waals surface area contributed by atoms with Gasteiger partial charge < -0.3 is 19.5 Å². The molecule has 6 heteroatoms. The number of ether oxygens (including phenoxy) is 3. The molecule has 0 saturated carbocycles. The fourth-order valence-corrected chi connectivity index (χ4v) is 2.17. The van der Waals surface area contributed by atoms with Crippen LogP contribution in [0.1, 0.15) is 44.5 Å². The maximum Gasteiger partial charge on any atom is 0.218 e. The lowest BCUT2D eigenvalue weighted by Gasteiger charge is -2.13. The van der Waals surface area contributed by atoms with Gasteiger partial charge >= 0.3 is 0 Å². The molecule has 1 aliphatic rings. The van der Waals surface area contributed by atoms with Crippen molar-refractivity contribution in [3.05, 3.63) is 11.9 Å². The number of methoxy groups -OCH3 is 1. The molecule has 2 heterocycles. The lowest BCUT2D eigenvalue weighted by atomic mass is 10.2. The minimum Gasteiger partial charge on any atom is -0.478 e. The number of rotatable bonds is 9. The summed E-state index contributed by atoms with van der Waals surface area (Å²) in [6.07, 6.45) is 3.91. The molecule has 0 amide bonds. The van der Waals surface area contributed by atoms with E-state index in [4.69, 9.17) is 14.2 Å². The zero-order chi connectivity index (χ0) is 14.9. The van der Waals surface area contributed by atoms with Crippen LogP contribution in [0.2, 0.25) is 0 Å². The van der Waals surface area contributed by atoms with Gasteiger partial charge in [0.05, 0.1) is 6.61 Å². The predicted molar refractivity (Wildman–Crippen MR) is 80.7 cm³/mol. The molecule has 118 valence electrons. The van der Waals surface area contributed by atoms with E-state index < -0.39 is 0 Å². The highest BCUT2D eigenvalue weighted by atomic mass is 16.5. The lowest BCUT2D eigenvalue weighted by molar-refractivity contribution is 0.104. The third-order valence-electron chi connectivity index (χ3n) is 3.22. The lowest BCUT2D eigenvalue weighted by Crippen LogP contribution is -2.11.